The van der Waals surface area contributed by atoms with Gasteiger partial charge in [-0.3, -0.25) is 29.0 Å². The van der Waals surface area contributed by atoms with Gasteiger partial charge in [0.2, 0.25) is 18.0 Å². The van der Waals surface area contributed by atoms with E-state index in [4.69, 9.17) is 0 Å². The third-order valence-electron chi connectivity index (χ3n) is 9.50. The van der Waals surface area contributed by atoms with Crippen LogP contribution in [0.4, 0.5) is 0 Å². The third-order valence-corrected chi connectivity index (χ3v) is 11.7. The van der Waals surface area contributed by atoms with Crippen LogP contribution < -0.4 is 5.32 Å². The van der Waals surface area contributed by atoms with Crippen molar-refractivity contribution in [2.24, 2.45) is 4.99 Å². The normalized spacial score (nSPS) is 13.6. The van der Waals surface area contributed by atoms with Crippen molar-refractivity contribution < 1.29 is 107 Å². The van der Waals surface area contributed by atoms with Crippen LogP contribution in [0.2, 0.25) is 0 Å². The minimum absolute atomic E-state index is 0. The molecule has 0 amide bonds. The molecule has 0 radical (unpaired) electrons. The zero-order valence-corrected chi connectivity index (χ0v) is 59.2. The SMILES string of the molecule is C.C.C.C.C.C.CC.CC.CC(N1CCCC1)=[N+]1CCCCC1.CC1=[N+](C)CCN1.CN=C(C)N(C)C.CPC.CPN1CCCC1.[CH2-]CN(C=[N+](C[CH2-])C[CH2-])C[CH2-].[CH2-]CN(C[CH2-])PC.[U+2].[U+2].[U+2]. The average molecular weight is 1700 g/mol. The molecule has 0 saturated carbocycles. The number of hydrogen-bond donors (Lipinski definition) is 1. The quantitative estimate of drug-likeness (QED) is 0.0816. The summed E-state index contributed by atoms with van der Waals surface area (Å²) >= 11 is 0. The molecule has 4 aliphatic heterocycles. The molecule has 0 bridgehead atoms. The van der Waals surface area contributed by atoms with Gasteiger partial charge in [0.05, 0.1) is 39.1 Å². The first-order valence-electron chi connectivity index (χ1n) is 22.6. The number of piperidine rings is 1. The Morgan fingerprint density at radius 1 is 0.691 bits per heavy atom. The van der Waals surface area contributed by atoms with Gasteiger partial charge in [-0.2, -0.15) is 0 Å². The van der Waals surface area contributed by atoms with E-state index in [-0.39, 0.29) is 138 Å². The van der Waals surface area contributed by atoms with Gasteiger partial charge in [0.15, 0.2) is 0 Å². The molecule has 0 aromatic carbocycles. The molecule has 10 nitrogen and oxygen atoms in total. The molecule has 3 fully saturated rings. The van der Waals surface area contributed by atoms with Gasteiger partial charge in [0, 0.05) is 48.1 Å². The summed E-state index contributed by atoms with van der Waals surface area (Å²) < 4.78 is 11.5. The van der Waals surface area contributed by atoms with Gasteiger partial charge in [-0.1, -0.05) is 89.7 Å². The molecular formula is C52H128N10P3U3+3. The molecule has 68 heavy (non-hydrogen) atoms. The summed E-state index contributed by atoms with van der Waals surface area (Å²) in [5, 5.41) is 3.21. The van der Waals surface area contributed by atoms with Gasteiger partial charge in [0.1, 0.15) is 13.1 Å². The van der Waals surface area contributed by atoms with Crippen molar-refractivity contribution in [3.05, 3.63) is 41.5 Å². The molecular weight excluding hydrogens is 1570 g/mol. The van der Waals surface area contributed by atoms with Crippen LogP contribution >= 0.6 is 26.0 Å². The number of amidine groups is 3. The summed E-state index contributed by atoms with van der Waals surface area (Å²) in [5.74, 6) is 3.89. The Hall–Kier alpha value is 2.25. The van der Waals surface area contributed by atoms with Gasteiger partial charge in [-0.15, -0.1) is 21.7 Å². The second-order valence-electron chi connectivity index (χ2n) is 13.7. The van der Waals surface area contributed by atoms with E-state index in [0.717, 1.165) is 84.2 Å². The van der Waals surface area contributed by atoms with Gasteiger partial charge < -0.3 is 60.6 Å². The number of nitrogens with zero attached hydrogens (tertiary/aromatic N) is 9. The van der Waals surface area contributed by atoms with Crippen LogP contribution in [0.15, 0.2) is 4.99 Å². The van der Waals surface area contributed by atoms with Gasteiger partial charge >= 0.3 is 93.3 Å². The van der Waals surface area contributed by atoms with E-state index < -0.39 is 0 Å². The molecule has 2 unspecified atom stereocenters. The van der Waals surface area contributed by atoms with E-state index in [9.17, 15) is 0 Å². The first kappa shape index (κ1) is 106. The second-order valence-corrected chi connectivity index (χ2v) is 16.9. The van der Waals surface area contributed by atoms with Crippen LogP contribution in [0.3, 0.4) is 0 Å². The summed E-state index contributed by atoms with van der Waals surface area (Å²) in [6, 6.07) is 0. The number of aliphatic imine (C=N–C) groups is 1. The third kappa shape index (κ3) is 66.3. The van der Waals surface area contributed by atoms with Crippen LogP contribution in [0.25, 0.3) is 0 Å². The zero-order chi connectivity index (χ0) is 46.4. The molecule has 1 N–H and O–H groups in total. The van der Waals surface area contributed by atoms with Crippen molar-refractivity contribution in [3.63, 3.8) is 0 Å². The number of likely N-dealkylation sites (tertiary alicyclic amines) is 1. The fourth-order valence-corrected chi connectivity index (χ4v) is 6.54. The minimum Gasteiger partial charge on any atom is -0.367 e. The van der Waals surface area contributed by atoms with E-state index in [1.54, 1.807) is 7.05 Å². The molecule has 16 heteroatoms. The molecule has 4 aliphatic rings. The Bertz CT molecular complexity index is 971. The zero-order valence-electron chi connectivity index (χ0n) is 43.7. The largest absolute Gasteiger partial charge is 2.00 e. The molecule has 0 aromatic heterocycles. The molecule has 410 valence electrons. The van der Waals surface area contributed by atoms with Crippen molar-refractivity contribution in [2.45, 2.75) is 138 Å². The van der Waals surface area contributed by atoms with E-state index >= 15 is 0 Å². The maximum absolute atomic E-state index is 3.93. The first-order valence-corrected chi connectivity index (χ1v) is 27.5. The summed E-state index contributed by atoms with van der Waals surface area (Å²) in [6.45, 7) is 60.4. The van der Waals surface area contributed by atoms with Crippen LogP contribution in [-0.2, 0) is 0 Å². The average Bonchev–Trinajstić information content (AvgIpc) is 4.10. The number of rotatable bonds is 9. The van der Waals surface area contributed by atoms with Crippen molar-refractivity contribution in [1.29, 1.82) is 0 Å². The van der Waals surface area contributed by atoms with Crippen LogP contribution in [0.5, 0.6) is 0 Å². The second kappa shape index (κ2) is 83.2. The number of hydrogen-bond acceptors (Lipinski definition) is 4. The standard InChI is InChI=1S/C11H21N2.C9H17N2.C5H10N2.C5H12N2.2C5H12NP.C2H7P.2C2H6.6CH4.3U/c1-11(13-9-5-6-10-13)12-7-3-2-4-8-12;1-5-10(6-2)9-11(7-3)8-4;1-5-6-3-4-7(5)2;1-5(6-2)7(3)4;1-7-6-4-2-3-5-6;1-4-6(5-2)7-3;1-3-2;2*1-2;;;;;;;;;/h2-10H2,1H3;9H,1-8H2;3-4H2,1-2H3;1-4H3;7H,2-5H2,1H3;7H,1-2,4-5H2,3H3;3H,1-2H3;2*1-2H3;6*1H4;;;/q+1;-3;;;;-2;;;;;;;;;;3*+2/p+1. The fourth-order valence-electron chi connectivity index (χ4n) is 5.33. The number of likely N-dealkylation sites (N-methyl/N-ethyl adjacent to an activating group) is 1. The molecule has 4 rings (SSSR count). The predicted molar refractivity (Wildman–Crippen MR) is 322 cm³/mol. The van der Waals surface area contributed by atoms with Gasteiger partial charge in [0.25, 0.3) is 0 Å². The minimum atomic E-state index is 0. The van der Waals surface area contributed by atoms with E-state index in [2.05, 4.69) is 123 Å². The Morgan fingerprint density at radius 3 is 1.29 bits per heavy atom. The maximum atomic E-state index is 3.93. The summed E-state index contributed by atoms with van der Waals surface area (Å²) in [6.07, 6.45) is 11.8. The first-order chi connectivity index (χ1) is 28.3. The Labute approximate surface area is 511 Å². The van der Waals surface area contributed by atoms with Crippen LogP contribution in [0, 0.1) is 135 Å². The monoisotopic (exact) mass is 1700 g/mol. The van der Waals surface area contributed by atoms with Gasteiger partial charge in [-0.05, 0) is 105 Å². The van der Waals surface area contributed by atoms with Gasteiger partial charge in [-0.25, -0.2) is 0 Å². The number of nitrogens with one attached hydrogen (secondary N) is 1. The topological polar surface area (TPSA) is 49.6 Å². The van der Waals surface area contributed by atoms with Crippen molar-refractivity contribution in [1.82, 2.24) is 29.4 Å². The molecule has 3 saturated heterocycles. The Balaban J connectivity index is -0.0000000413. The summed E-state index contributed by atoms with van der Waals surface area (Å²) in [4.78, 5) is 10.5. The van der Waals surface area contributed by atoms with E-state index in [0.29, 0.717) is 0 Å². The molecule has 0 aliphatic carbocycles. The van der Waals surface area contributed by atoms with Crippen molar-refractivity contribution in [2.75, 3.05) is 146 Å². The van der Waals surface area contributed by atoms with Crippen LogP contribution in [0.1, 0.15) is 138 Å². The molecule has 0 aromatic rings. The molecule has 4 heterocycles. The molecule has 0 spiro atoms. The van der Waals surface area contributed by atoms with Crippen molar-refractivity contribution in [3.8, 4) is 0 Å². The fraction of sp³-hybridized carbons (Fsp3) is 0.808. The Kier molecular flexibility index (Phi) is 130. The molecule has 2 atom stereocenters. The summed E-state index contributed by atoms with van der Waals surface area (Å²) in [5.41, 5.74) is 0. The predicted octanol–water partition coefficient (Wildman–Crippen LogP) is 11.9. The smallest absolute Gasteiger partial charge is 0.367 e. The van der Waals surface area contributed by atoms with E-state index in [1.165, 1.54) is 95.9 Å². The van der Waals surface area contributed by atoms with Crippen LogP contribution in [-0.4, -0.2) is 208 Å². The summed E-state index contributed by atoms with van der Waals surface area (Å²) in [7, 11) is 10.8. The van der Waals surface area contributed by atoms with E-state index in [1.807, 2.05) is 69.4 Å². The maximum Gasteiger partial charge on any atom is 2.00 e. The Morgan fingerprint density at radius 2 is 1.09 bits per heavy atom. The van der Waals surface area contributed by atoms with Crippen molar-refractivity contribution >= 4 is 49.9 Å².